The summed E-state index contributed by atoms with van der Waals surface area (Å²) in [6.07, 6.45) is 2.74. The molecule has 1 aromatic carbocycles. The molecule has 1 N–H and O–H groups in total. The number of alkyl halides is 1. The smallest absolute Gasteiger partial charge is 0.135 e. The fourth-order valence-corrected chi connectivity index (χ4v) is 5.00. The fraction of sp³-hybridized carbons (Fsp3) is 0.455. The number of aliphatic hydroxyl groups excluding tert-OH is 1. The molecule has 142 valence electrons. The second kappa shape index (κ2) is 7.25. The van der Waals surface area contributed by atoms with Crippen molar-refractivity contribution >= 4 is 23.0 Å². The van der Waals surface area contributed by atoms with Gasteiger partial charge in [-0.25, -0.2) is 0 Å². The van der Waals surface area contributed by atoms with Gasteiger partial charge in [0.05, 0.1) is 23.1 Å². The van der Waals surface area contributed by atoms with Crippen molar-refractivity contribution in [2.45, 2.75) is 57.1 Å². The second-order valence-corrected chi connectivity index (χ2v) is 8.16. The highest BCUT2D eigenvalue weighted by molar-refractivity contribution is 6.25. The largest absolute Gasteiger partial charge is 0.392 e. The summed E-state index contributed by atoms with van der Waals surface area (Å²) in [6, 6.07) is 10.3. The van der Waals surface area contributed by atoms with Gasteiger partial charge in [-0.05, 0) is 43.9 Å². The maximum Gasteiger partial charge on any atom is 0.135 e. The molecule has 27 heavy (non-hydrogen) atoms. The zero-order valence-corrected chi connectivity index (χ0v) is 16.6. The number of halogens is 1. The molecule has 0 saturated carbocycles. The zero-order valence-electron chi connectivity index (χ0n) is 15.9. The number of benzene rings is 1. The lowest BCUT2D eigenvalue weighted by atomic mass is 9.77. The average molecular weight is 385 g/mol. The molecule has 1 aliphatic carbocycles. The van der Waals surface area contributed by atoms with Crippen LogP contribution in [0.2, 0.25) is 0 Å². The van der Waals surface area contributed by atoms with Crippen LogP contribution < -0.4 is 0 Å². The van der Waals surface area contributed by atoms with Crippen molar-refractivity contribution in [1.29, 1.82) is 0 Å². The lowest BCUT2D eigenvalue weighted by molar-refractivity contribution is 0.0385. The Labute approximate surface area is 165 Å². The van der Waals surface area contributed by atoms with E-state index < -0.39 is 6.10 Å². The van der Waals surface area contributed by atoms with Gasteiger partial charge in [-0.1, -0.05) is 41.6 Å². The molecule has 5 unspecified atom stereocenters. The van der Waals surface area contributed by atoms with Crippen molar-refractivity contribution in [3.8, 4) is 0 Å². The molecule has 3 aliphatic rings. The summed E-state index contributed by atoms with van der Waals surface area (Å²) in [6.45, 7) is 5.92. The molecular weight excluding hydrogens is 360 g/mol. The van der Waals surface area contributed by atoms with E-state index in [1.165, 1.54) is 5.56 Å². The third kappa shape index (κ3) is 3.26. The van der Waals surface area contributed by atoms with Gasteiger partial charge in [0.15, 0.2) is 0 Å². The third-order valence-corrected chi connectivity index (χ3v) is 6.46. The van der Waals surface area contributed by atoms with Gasteiger partial charge in [0.25, 0.3) is 0 Å². The molecule has 0 aromatic heterocycles. The fourth-order valence-electron chi connectivity index (χ4n) is 4.47. The molecule has 2 aliphatic heterocycles. The molecule has 5 heteroatoms. The van der Waals surface area contributed by atoms with E-state index in [-0.39, 0.29) is 23.3 Å². The van der Waals surface area contributed by atoms with Gasteiger partial charge in [-0.3, -0.25) is 4.99 Å². The summed E-state index contributed by atoms with van der Waals surface area (Å²) in [5.74, 6) is -0.0360. The first-order valence-corrected chi connectivity index (χ1v) is 9.94. The Hall–Kier alpha value is -1.91. The first-order valence-electron chi connectivity index (χ1n) is 9.50. The number of hydrogen-bond acceptors (Lipinski definition) is 4. The molecule has 0 saturated heterocycles. The van der Waals surface area contributed by atoms with E-state index in [1.807, 2.05) is 32.0 Å². The first kappa shape index (κ1) is 18.5. The van der Waals surface area contributed by atoms with Crippen LogP contribution in [0.3, 0.4) is 0 Å². The molecule has 0 radical (unpaired) electrons. The van der Waals surface area contributed by atoms with Crippen molar-refractivity contribution in [2.24, 2.45) is 16.1 Å². The van der Waals surface area contributed by atoms with Crippen LogP contribution in [-0.2, 0) is 4.84 Å². The molecule has 5 atom stereocenters. The predicted octanol–water partition coefficient (Wildman–Crippen LogP) is 4.60. The van der Waals surface area contributed by atoms with E-state index in [0.29, 0.717) is 12.8 Å². The van der Waals surface area contributed by atoms with Crippen molar-refractivity contribution in [2.75, 3.05) is 0 Å². The van der Waals surface area contributed by atoms with Gasteiger partial charge in [0.2, 0.25) is 0 Å². The van der Waals surface area contributed by atoms with Gasteiger partial charge in [-0.2, -0.15) is 0 Å². The Morgan fingerprint density at radius 1 is 1.19 bits per heavy atom. The van der Waals surface area contributed by atoms with E-state index >= 15 is 0 Å². The van der Waals surface area contributed by atoms with Gasteiger partial charge >= 0.3 is 0 Å². The molecule has 0 spiro atoms. The molecule has 0 fully saturated rings. The van der Waals surface area contributed by atoms with Gasteiger partial charge < -0.3 is 9.94 Å². The van der Waals surface area contributed by atoms with Crippen LogP contribution in [0.15, 0.2) is 63.4 Å². The van der Waals surface area contributed by atoms with E-state index in [4.69, 9.17) is 21.4 Å². The molecule has 4 rings (SSSR count). The highest BCUT2D eigenvalue weighted by Crippen LogP contribution is 2.43. The van der Waals surface area contributed by atoms with Crippen molar-refractivity contribution in [3.63, 3.8) is 0 Å². The minimum absolute atomic E-state index is 0.0696. The summed E-state index contributed by atoms with van der Waals surface area (Å²) in [4.78, 5) is 10.2. The van der Waals surface area contributed by atoms with Crippen molar-refractivity contribution in [3.05, 3.63) is 58.8 Å². The van der Waals surface area contributed by atoms with Crippen LogP contribution in [0.1, 0.15) is 45.1 Å². The molecule has 0 bridgehead atoms. The van der Waals surface area contributed by atoms with Crippen LogP contribution in [0.5, 0.6) is 0 Å². The van der Waals surface area contributed by atoms with E-state index in [9.17, 15) is 5.11 Å². The standard InChI is InChI=1S/C22H25ClN2O2/c1-12-20(15-7-5-4-6-8-15)21(23)17-11-16(9-10-18(17)24-12)22(26)19-13(2)25-27-14(19)3/h4-9,14,19-22,26H,10-11H2,1-3H3. The van der Waals surface area contributed by atoms with Gasteiger partial charge in [0.1, 0.15) is 6.10 Å². The Kier molecular flexibility index (Phi) is 4.95. The van der Waals surface area contributed by atoms with Gasteiger partial charge in [-0.15, -0.1) is 11.6 Å². The molecular formula is C22H25ClN2O2. The van der Waals surface area contributed by atoms with Crippen LogP contribution in [-0.4, -0.2) is 34.1 Å². The number of allylic oxidation sites excluding steroid dienone is 2. The summed E-state index contributed by atoms with van der Waals surface area (Å²) in [7, 11) is 0. The first-order chi connectivity index (χ1) is 13.0. The maximum atomic E-state index is 11.0. The monoisotopic (exact) mass is 384 g/mol. The summed E-state index contributed by atoms with van der Waals surface area (Å²) < 4.78 is 0. The summed E-state index contributed by atoms with van der Waals surface area (Å²) >= 11 is 6.98. The maximum absolute atomic E-state index is 11.0. The van der Waals surface area contributed by atoms with Crippen molar-refractivity contribution < 1.29 is 9.94 Å². The van der Waals surface area contributed by atoms with E-state index in [2.05, 4.69) is 30.3 Å². The van der Waals surface area contributed by atoms with E-state index in [1.54, 1.807) is 0 Å². The van der Waals surface area contributed by atoms with E-state index in [0.717, 1.165) is 28.3 Å². The number of aliphatic hydroxyl groups is 1. The lowest BCUT2D eigenvalue weighted by Gasteiger charge is -2.34. The van der Waals surface area contributed by atoms with Crippen LogP contribution in [0.4, 0.5) is 0 Å². The number of oxime groups is 1. The number of nitrogens with zero attached hydrogens (tertiary/aromatic N) is 2. The Morgan fingerprint density at radius 3 is 2.59 bits per heavy atom. The quantitative estimate of drug-likeness (QED) is 0.611. The normalized spacial score (nSPS) is 31.5. The van der Waals surface area contributed by atoms with Gasteiger partial charge in [0, 0.05) is 23.7 Å². The summed E-state index contributed by atoms with van der Waals surface area (Å²) in [5.41, 5.74) is 6.27. The number of rotatable bonds is 3. The lowest BCUT2D eigenvalue weighted by Crippen LogP contribution is -2.35. The third-order valence-electron chi connectivity index (χ3n) is 5.94. The number of hydrogen-bond donors (Lipinski definition) is 1. The summed E-state index contributed by atoms with van der Waals surface area (Å²) in [5, 5.41) is 14.9. The van der Waals surface area contributed by atoms with Crippen LogP contribution in [0.25, 0.3) is 0 Å². The SMILES string of the molecule is CC1=NC2=C(CC(C(O)C3C(C)=NOC3C)=CC2)C(Cl)C1c1ccccc1. The Balaban J connectivity index is 1.58. The second-order valence-electron chi connectivity index (χ2n) is 7.69. The minimum atomic E-state index is -0.605. The molecule has 1 aromatic rings. The Bertz CT molecular complexity index is 856. The minimum Gasteiger partial charge on any atom is -0.392 e. The predicted molar refractivity (Wildman–Crippen MR) is 109 cm³/mol. The zero-order chi connectivity index (χ0) is 19.1. The molecule has 2 heterocycles. The topological polar surface area (TPSA) is 54.2 Å². The van der Waals surface area contributed by atoms with Crippen LogP contribution >= 0.6 is 11.6 Å². The molecule has 0 amide bonds. The highest BCUT2D eigenvalue weighted by atomic mass is 35.5. The van der Waals surface area contributed by atoms with Crippen molar-refractivity contribution in [1.82, 2.24) is 0 Å². The number of aliphatic imine (C=N–C) groups is 1. The highest BCUT2D eigenvalue weighted by Gasteiger charge is 2.39. The van der Waals surface area contributed by atoms with Crippen LogP contribution in [0, 0.1) is 5.92 Å². The Morgan fingerprint density at radius 2 is 1.93 bits per heavy atom. The average Bonchev–Trinajstić information content (AvgIpc) is 3.00. The molecule has 4 nitrogen and oxygen atoms in total.